The Bertz CT molecular complexity index is 690. The molecule has 4 nitrogen and oxygen atoms in total. The second-order valence-corrected chi connectivity index (χ2v) is 7.47. The van der Waals surface area contributed by atoms with Gasteiger partial charge in [0.05, 0.1) is 11.5 Å². The maximum absolute atomic E-state index is 12.2. The lowest BCUT2D eigenvalue weighted by Crippen LogP contribution is -2.12. The number of anilines is 1. The monoisotopic (exact) mass is 311 g/mol. The van der Waals surface area contributed by atoms with Crippen molar-refractivity contribution < 1.29 is 13.5 Å². The number of aliphatic hydroxyl groups excluding tert-OH is 1. The molecule has 0 saturated heterocycles. The van der Waals surface area contributed by atoms with Gasteiger partial charge in [0.1, 0.15) is 0 Å². The highest BCUT2D eigenvalue weighted by Gasteiger charge is 2.16. The van der Waals surface area contributed by atoms with Crippen LogP contribution in [-0.2, 0) is 16.6 Å². The number of hydrogen-bond acceptors (Lipinski definition) is 4. The second kappa shape index (κ2) is 5.95. The number of nitrogens with one attached hydrogen (secondary N) is 1. The normalized spacial score (nSPS) is 11.8. The molecule has 0 aliphatic heterocycles. The van der Waals surface area contributed by atoms with Gasteiger partial charge in [0.15, 0.2) is 0 Å². The Kier molecular flexibility index (Phi) is 4.47. The first-order chi connectivity index (χ1) is 9.42. The number of sulfonamides is 1. The lowest BCUT2D eigenvalue weighted by Gasteiger charge is -2.10. The standard InChI is InChI=1S/C14H17NO3S2/c1-10(2)11-4-3-5-12(6-11)15-20(17,18)14-7-13(8-16)19-9-14/h3-7,9-10,15-16H,8H2,1-2H3. The van der Waals surface area contributed by atoms with Gasteiger partial charge in [-0.3, -0.25) is 4.72 Å². The van der Waals surface area contributed by atoms with Crippen molar-refractivity contribution in [2.45, 2.75) is 31.3 Å². The van der Waals surface area contributed by atoms with Crippen LogP contribution in [-0.4, -0.2) is 13.5 Å². The predicted molar refractivity (Wildman–Crippen MR) is 81.6 cm³/mol. The summed E-state index contributed by atoms with van der Waals surface area (Å²) in [6.07, 6.45) is 0. The van der Waals surface area contributed by atoms with E-state index in [0.717, 1.165) is 5.56 Å². The van der Waals surface area contributed by atoms with Gasteiger partial charge in [-0.05, 0) is 29.7 Å². The van der Waals surface area contributed by atoms with Crippen LogP contribution < -0.4 is 4.72 Å². The molecule has 0 atom stereocenters. The Morgan fingerprint density at radius 1 is 1.30 bits per heavy atom. The van der Waals surface area contributed by atoms with Crippen LogP contribution in [0.1, 0.15) is 30.2 Å². The summed E-state index contributed by atoms with van der Waals surface area (Å²) in [6.45, 7) is 3.96. The molecular formula is C14H17NO3S2. The first kappa shape index (κ1) is 15.0. The van der Waals surface area contributed by atoms with Crippen molar-refractivity contribution in [3.63, 3.8) is 0 Å². The van der Waals surface area contributed by atoms with Crippen LogP contribution in [0.4, 0.5) is 5.69 Å². The fourth-order valence-corrected chi connectivity index (χ4v) is 3.94. The number of aliphatic hydroxyl groups is 1. The van der Waals surface area contributed by atoms with E-state index >= 15 is 0 Å². The van der Waals surface area contributed by atoms with Crippen LogP contribution in [0.25, 0.3) is 0 Å². The van der Waals surface area contributed by atoms with Crippen LogP contribution in [0, 0.1) is 0 Å². The van der Waals surface area contributed by atoms with Crippen molar-refractivity contribution >= 4 is 27.0 Å². The average molecular weight is 311 g/mol. The number of thiophene rings is 1. The summed E-state index contributed by atoms with van der Waals surface area (Å²) in [5.74, 6) is 0.335. The summed E-state index contributed by atoms with van der Waals surface area (Å²) in [4.78, 5) is 0.808. The third kappa shape index (κ3) is 3.39. The quantitative estimate of drug-likeness (QED) is 0.891. The molecule has 2 N–H and O–H groups in total. The molecule has 0 saturated carbocycles. The molecule has 2 aromatic rings. The Labute approximate surface area is 123 Å². The molecule has 0 unspecified atom stereocenters. The SMILES string of the molecule is CC(C)c1cccc(NS(=O)(=O)c2csc(CO)c2)c1. The topological polar surface area (TPSA) is 66.4 Å². The van der Waals surface area contributed by atoms with Crippen molar-refractivity contribution in [1.82, 2.24) is 0 Å². The number of hydrogen-bond donors (Lipinski definition) is 2. The van der Waals surface area contributed by atoms with Crippen LogP contribution in [0.15, 0.2) is 40.6 Å². The van der Waals surface area contributed by atoms with E-state index in [1.165, 1.54) is 22.8 Å². The third-order valence-corrected chi connectivity index (χ3v) is 5.33. The summed E-state index contributed by atoms with van der Waals surface area (Å²) < 4.78 is 27.0. The Morgan fingerprint density at radius 2 is 2.05 bits per heavy atom. The van der Waals surface area contributed by atoms with E-state index in [4.69, 9.17) is 5.11 Å². The molecular weight excluding hydrogens is 294 g/mol. The van der Waals surface area contributed by atoms with Gasteiger partial charge in [-0.1, -0.05) is 26.0 Å². The third-order valence-electron chi connectivity index (χ3n) is 2.90. The average Bonchev–Trinajstić information content (AvgIpc) is 2.88. The van der Waals surface area contributed by atoms with Gasteiger partial charge in [0, 0.05) is 15.9 Å². The predicted octanol–water partition coefficient (Wildman–Crippen LogP) is 3.16. The summed E-state index contributed by atoms with van der Waals surface area (Å²) >= 11 is 1.23. The zero-order chi connectivity index (χ0) is 14.8. The Morgan fingerprint density at radius 3 is 2.65 bits per heavy atom. The molecule has 0 spiro atoms. The van der Waals surface area contributed by atoms with E-state index in [1.807, 2.05) is 18.2 Å². The molecule has 0 radical (unpaired) electrons. The van der Waals surface area contributed by atoms with Gasteiger partial charge in [-0.2, -0.15) is 0 Å². The van der Waals surface area contributed by atoms with Crippen molar-refractivity contribution in [2.24, 2.45) is 0 Å². The van der Waals surface area contributed by atoms with Gasteiger partial charge in [-0.15, -0.1) is 11.3 Å². The highest BCUT2D eigenvalue weighted by Crippen LogP contribution is 2.24. The van der Waals surface area contributed by atoms with E-state index in [9.17, 15) is 8.42 Å². The van der Waals surface area contributed by atoms with Crippen molar-refractivity contribution in [2.75, 3.05) is 4.72 Å². The highest BCUT2D eigenvalue weighted by molar-refractivity contribution is 7.92. The Balaban J connectivity index is 2.26. The van der Waals surface area contributed by atoms with Crippen LogP contribution in [0.5, 0.6) is 0 Å². The van der Waals surface area contributed by atoms with Crippen molar-refractivity contribution in [3.05, 3.63) is 46.2 Å². The minimum Gasteiger partial charge on any atom is -0.391 e. The van der Waals surface area contributed by atoms with Crippen molar-refractivity contribution in [3.8, 4) is 0 Å². The lowest BCUT2D eigenvalue weighted by molar-refractivity contribution is 0.285. The van der Waals surface area contributed by atoms with Gasteiger partial charge in [0.2, 0.25) is 0 Å². The van der Waals surface area contributed by atoms with E-state index in [-0.39, 0.29) is 11.5 Å². The minimum absolute atomic E-state index is 0.150. The highest BCUT2D eigenvalue weighted by atomic mass is 32.2. The molecule has 1 aromatic heterocycles. The second-order valence-electron chi connectivity index (χ2n) is 4.79. The molecule has 2 rings (SSSR count). The fraction of sp³-hybridized carbons (Fsp3) is 0.286. The number of benzene rings is 1. The molecule has 1 heterocycles. The summed E-state index contributed by atoms with van der Waals surface area (Å²) in [7, 11) is -3.60. The Hall–Kier alpha value is -1.37. The molecule has 0 aliphatic carbocycles. The molecule has 0 aliphatic rings. The maximum atomic E-state index is 12.2. The van der Waals surface area contributed by atoms with E-state index < -0.39 is 10.0 Å². The minimum atomic E-state index is -3.60. The zero-order valence-corrected chi connectivity index (χ0v) is 13.0. The van der Waals surface area contributed by atoms with Crippen LogP contribution >= 0.6 is 11.3 Å². The van der Waals surface area contributed by atoms with Gasteiger partial charge in [0.25, 0.3) is 10.0 Å². The smallest absolute Gasteiger partial charge is 0.262 e. The molecule has 1 aromatic carbocycles. The van der Waals surface area contributed by atoms with Gasteiger partial charge in [-0.25, -0.2) is 8.42 Å². The number of rotatable bonds is 5. The van der Waals surface area contributed by atoms with Gasteiger partial charge < -0.3 is 5.11 Å². The van der Waals surface area contributed by atoms with Crippen LogP contribution in [0.2, 0.25) is 0 Å². The largest absolute Gasteiger partial charge is 0.391 e. The lowest BCUT2D eigenvalue weighted by atomic mass is 10.0. The molecule has 108 valence electrons. The summed E-state index contributed by atoms with van der Waals surface area (Å²) in [5, 5.41) is 10.5. The molecule has 6 heteroatoms. The first-order valence-corrected chi connectivity index (χ1v) is 8.59. The molecule has 20 heavy (non-hydrogen) atoms. The van der Waals surface area contributed by atoms with E-state index in [0.29, 0.717) is 16.5 Å². The molecule has 0 bridgehead atoms. The summed E-state index contributed by atoms with van der Waals surface area (Å²) in [5.41, 5.74) is 1.62. The summed E-state index contributed by atoms with van der Waals surface area (Å²) in [6, 6.07) is 8.85. The molecule has 0 fully saturated rings. The maximum Gasteiger partial charge on any atom is 0.262 e. The fourth-order valence-electron chi connectivity index (χ4n) is 1.76. The van der Waals surface area contributed by atoms with Crippen molar-refractivity contribution in [1.29, 1.82) is 0 Å². The van der Waals surface area contributed by atoms with Crippen LogP contribution in [0.3, 0.4) is 0 Å². The first-order valence-electron chi connectivity index (χ1n) is 6.23. The van der Waals surface area contributed by atoms with E-state index in [2.05, 4.69) is 18.6 Å². The molecule has 0 amide bonds. The van der Waals surface area contributed by atoms with Gasteiger partial charge >= 0.3 is 0 Å². The zero-order valence-electron chi connectivity index (χ0n) is 11.3. The van der Waals surface area contributed by atoms with E-state index in [1.54, 1.807) is 6.07 Å².